The van der Waals surface area contributed by atoms with E-state index in [2.05, 4.69) is 15.3 Å². The molecule has 10 nitrogen and oxygen atoms in total. The van der Waals surface area contributed by atoms with Crippen LogP contribution in [0.3, 0.4) is 0 Å². The van der Waals surface area contributed by atoms with Crippen LogP contribution in [0, 0.1) is 23.0 Å². The van der Waals surface area contributed by atoms with Crippen LogP contribution >= 0.6 is 11.3 Å². The molecule has 9 rings (SSSR count). The van der Waals surface area contributed by atoms with Gasteiger partial charge in [-0.2, -0.15) is 28.4 Å². The number of pyridine rings is 1. The average molecular weight is 731 g/mol. The lowest BCUT2D eigenvalue weighted by molar-refractivity contribution is -0.180. The predicted molar refractivity (Wildman–Crippen MR) is 178 cm³/mol. The van der Waals surface area contributed by atoms with E-state index in [0.29, 0.717) is 42.0 Å². The molecule has 1 aromatic carbocycles. The Bertz CT molecular complexity index is 2220. The quantitative estimate of drug-likeness (QED) is 0.253. The summed E-state index contributed by atoms with van der Waals surface area (Å²) in [6.45, 7) is 1.66. The standard InChI is InChI=1S/C34H32F6N8O2S/c35-16-10-32(6-1-9-47(32)12-16)15-50-31-44-25-23(29(45-31)46-13-17-2-3-18(14-46)43-17)30(49)48(33(7-8-33)34(38,39)40)26(24(25)37)19-4-5-21(36)27-22(19)20(11-41)28(42)51-27/h4-5,16-18,43H,1-3,6-10,12-15,42H2/t16-,17?,18?,32+/m1/s1. The monoisotopic (exact) mass is 730 g/mol. The highest BCUT2D eigenvalue weighted by Crippen LogP contribution is 2.57. The molecule has 0 radical (unpaired) electrons. The fourth-order valence-corrected chi connectivity index (χ4v) is 9.97. The van der Waals surface area contributed by atoms with Gasteiger partial charge in [-0.05, 0) is 57.2 Å². The number of thiophene rings is 1. The number of piperazine rings is 1. The maximum absolute atomic E-state index is 17.5. The Labute approximate surface area is 290 Å². The van der Waals surface area contributed by atoms with E-state index in [1.165, 1.54) is 0 Å². The van der Waals surface area contributed by atoms with E-state index in [1.54, 1.807) is 4.90 Å². The molecule has 3 aromatic heterocycles. The molecule has 51 heavy (non-hydrogen) atoms. The predicted octanol–water partition coefficient (Wildman–Crippen LogP) is 5.35. The van der Waals surface area contributed by atoms with Gasteiger partial charge < -0.3 is 20.7 Å². The van der Waals surface area contributed by atoms with Gasteiger partial charge in [0.25, 0.3) is 5.56 Å². The maximum Gasteiger partial charge on any atom is 0.412 e. The number of fused-ring (bicyclic) bond motifs is 5. The van der Waals surface area contributed by atoms with Crippen LogP contribution in [-0.4, -0.2) is 82.2 Å². The van der Waals surface area contributed by atoms with Crippen LogP contribution in [0.25, 0.3) is 32.2 Å². The van der Waals surface area contributed by atoms with Crippen molar-refractivity contribution in [3.8, 4) is 23.3 Å². The molecule has 5 fully saturated rings. The van der Waals surface area contributed by atoms with Crippen LogP contribution in [-0.2, 0) is 5.54 Å². The topological polar surface area (TPSA) is 125 Å². The van der Waals surface area contributed by atoms with Gasteiger partial charge in [-0.1, -0.05) is 0 Å². The van der Waals surface area contributed by atoms with Crippen molar-refractivity contribution < 1.29 is 31.1 Å². The van der Waals surface area contributed by atoms with E-state index in [4.69, 9.17) is 10.5 Å². The molecule has 4 atom stereocenters. The Morgan fingerprint density at radius 2 is 1.84 bits per heavy atom. The number of rotatable bonds is 6. The van der Waals surface area contributed by atoms with E-state index in [0.717, 1.165) is 31.4 Å². The molecule has 4 aromatic rings. The molecular formula is C34H32F6N8O2S. The van der Waals surface area contributed by atoms with Crippen molar-refractivity contribution in [1.82, 2.24) is 24.8 Å². The third-order valence-electron chi connectivity index (χ3n) is 11.5. The number of nitrogens with zero attached hydrogens (tertiary/aromatic N) is 6. The second-order valence-corrected chi connectivity index (χ2v) is 15.6. The van der Waals surface area contributed by atoms with Crippen molar-refractivity contribution in [3.05, 3.63) is 39.7 Å². The highest BCUT2D eigenvalue weighted by Gasteiger charge is 2.66. The van der Waals surface area contributed by atoms with Crippen LogP contribution in [0.15, 0.2) is 16.9 Å². The zero-order valence-electron chi connectivity index (χ0n) is 27.1. The second-order valence-electron chi connectivity index (χ2n) is 14.5. The van der Waals surface area contributed by atoms with E-state index in [9.17, 15) is 14.4 Å². The number of ether oxygens (including phenoxy) is 1. The number of nitrogens with two attached hydrogens (primary N) is 1. The Hall–Kier alpha value is -4.14. The number of nitrogens with one attached hydrogen (secondary N) is 1. The van der Waals surface area contributed by atoms with Gasteiger partial charge in [-0.25, -0.2) is 13.2 Å². The zero-order valence-corrected chi connectivity index (χ0v) is 27.9. The molecular weight excluding hydrogens is 698 g/mol. The third kappa shape index (κ3) is 4.78. The SMILES string of the molecule is N#Cc1c(N)sc2c(F)ccc(-c3c(F)c4nc(OC[C@@]56CCCN5C[C@H](F)C6)nc(N5CC6CCC(C5)N6)c4c(=O)n3C3(C(F)(F)F)CC3)c12. The first-order chi connectivity index (χ1) is 24.3. The van der Waals surface area contributed by atoms with Gasteiger partial charge in [0, 0.05) is 49.1 Å². The summed E-state index contributed by atoms with van der Waals surface area (Å²) in [7, 11) is 0. The summed E-state index contributed by atoms with van der Waals surface area (Å²) in [5.74, 6) is -2.14. The minimum absolute atomic E-state index is 0.00774. The Kier molecular flexibility index (Phi) is 7.18. The molecule has 0 amide bonds. The summed E-state index contributed by atoms with van der Waals surface area (Å²) in [6, 6.07) is 3.61. The minimum atomic E-state index is -4.98. The maximum atomic E-state index is 17.5. The molecule has 268 valence electrons. The lowest BCUT2D eigenvalue weighted by Crippen LogP contribution is -2.52. The van der Waals surface area contributed by atoms with Crippen LogP contribution in [0.4, 0.5) is 37.2 Å². The van der Waals surface area contributed by atoms with Crippen molar-refractivity contribution >= 4 is 43.1 Å². The van der Waals surface area contributed by atoms with Crippen LogP contribution in [0.2, 0.25) is 0 Å². The molecule has 4 aliphatic heterocycles. The van der Waals surface area contributed by atoms with E-state index in [-0.39, 0.29) is 69.7 Å². The van der Waals surface area contributed by atoms with Crippen molar-refractivity contribution in [2.24, 2.45) is 0 Å². The molecule has 5 aliphatic rings. The number of nitriles is 1. The molecule has 2 bridgehead atoms. The first-order valence-electron chi connectivity index (χ1n) is 17.0. The summed E-state index contributed by atoms with van der Waals surface area (Å²) in [6.07, 6.45) is -3.60. The van der Waals surface area contributed by atoms with Crippen molar-refractivity contribution in [2.45, 2.75) is 80.5 Å². The molecule has 1 aliphatic carbocycles. The highest BCUT2D eigenvalue weighted by molar-refractivity contribution is 7.23. The number of nitrogen functional groups attached to an aromatic ring is 1. The molecule has 3 N–H and O–H groups in total. The van der Waals surface area contributed by atoms with Gasteiger partial charge in [0.2, 0.25) is 0 Å². The van der Waals surface area contributed by atoms with Crippen molar-refractivity contribution in [2.75, 3.05) is 43.4 Å². The highest BCUT2D eigenvalue weighted by atomic mass is 32.1. The molecule has 7 heterocycles. The number of benzene rings is 1. The number of halogens is 6. The summed E-state index contributed by atoms with van der Waals surface area (Å²) in [5.41, 5.74) is -0.407. The smallest absolute Gasteiger partial charge is 0.412 e. The van der Waals surface area contributed by atoms with Gasteiger partial charge in [-0.15, -0.1) is 11.3 Å². The fourth-order valence-electron chi connectivity index (χ4n) is 9.02. The number of aromatic nitrogens is 3. The average Bonchev–Trinajstić information content (AvgIpc) is 3.38. The van der Waals surface area contributed by atoms with Gasteiger partial charge in [0.15, 0.2) is 5.82 Å². The van der Waals surface area contributed by atoms with Crippen molar-refractivity contribution in [3.63, 3.8) is 0 Å². The summed E-state index contributed by atoms with van der Waals surface area (Å²) in [4.78, 5) is 27.5. The Morgan fingerprint density at radius 1 is 1.10 bits per heavy atom. The number of hydrogen-bond acceptors (Lipinski definition) is 10. The van der Waals surface area contributed by atoms with Crippen LogP contribution < -0.4 is 26.2 Å². The lowest BCUT2D eigenvalue weighted by atomic mass is 9.95. The third-order valence-corrected chi connectivity index (χ3v) is 12.6. The largest absolute Gasteiger partial charge is 0.461 e. The molecule has 1 saturated carbocycles. The van der Waals surface area contributed by atoms with Crippen molar-refractivity contribution in [1.29, 1.82) is 5.26 Å². The van der Waals surface area contributed by atoms with Gasteiger partial charge >= 0.3 is 12.2 Å². The Morgan fingerprint density at radius 3 is 2.53 bits per heavy atom. The number of alkyl halides is 4. The number of hydrogen-bond donors (Lipinski definition) is 2. The summed E-state index contributed by atoms with van der Waals surface area (Å²) >= 11 is 0.702. The first kappa shape index (κ1) is 32.7. The molecule has 2 unspecified atom stereocenters. The molecule has 0 spiro atoms. The number of anilines is 2. The van der Waals surface area contributed by atoms with E-state index < -0.39 is 70.1 Å². The van der Waals surface area contributed by atoms with Gasteiger partial charge in [-0.3, -0.25) is 14.3 Å². The Balaban J connectivity index is 1.32. The minimum Gasteiger partial charge on any atom is -0.461 e. The lowest BCUT2D eigenvalue weighted by Gasteiger charge is -2.35. The van der Waals surface area contributed by atoms with Crippen LogP contribution in [0.5, 0.6) is 6.01 Å². The van der Waals surface area contributed by atoms with E-state index >= 15 is 22.0 Å². The van der Waals surface area contributed by atoms with Gasteiger partial charge in [0.05, 0.1) is 21.5 Å². The first-order valence-corrected chi connectivity index (χ1v) is 17.8. The molecule has 17 heteroatoms. The summed E-state index contributed by atoms with van der Waals surface area (Å²) < 4.78 is 98.7. The normalized spacial score (nSPS) is 27.0. The molecule has 4 saturated heterocycles. The van der Waals surface area contributed by atoms with E-state index in [1.807, 2.05) is 11.0 Å². The van der Waals surface area contributed by atoms with Crippen LogP contribution in [0.1, 0.15) is 50.5 Å². The summed E-state index contributed by atoms with van der Waals surface area (Å²) in [5, 5.41) is 12.7. The fraction of sp³-hybridized carbons (Fsp3) is 0.529. The zero-order chi connectivity index (χ0) is 35.6. The second kappa shape index (κ2) is 11.2. The van der Waals surface area contributed by atoms with Gasteiger partial charge in [0.1, 0.15) is 51.9 Å².